The maximum Gasteiger partial charge on any atom is 0.472 e. The Hall–Kier alpha value is -2.03. The minimum atomic E-state index is -4.38. The molecule has 0 aliphatic rings. The molecule has 0 aliphatic carbocycles. The van der Waals surface area contributed by atoms with Gasteiger partial charge in [-0.15, -0.1) is 0 Å². The van der Waals surface area contributed by atoms with Crippen LogP contribution < -0.4 is 5.73 Å². The van der Waals surface area contributed by atoms with Gasteiger partial charge < -0.3 is 20.1 Å². The van der Waals surface area contributed by atoms with Crippen LogP contribution in [0.5, 0.6) is 0 Å². The Bertz CT molecular complexity index is 981. The van der Waals surface area contributed by atoms with Crippen LogP contribution >= 0.6 is 7.82 Å². The maximum atomic E-state index is 12.5. The third kappa shape index (κ3) is 37.5. The quantitative estimate of drug-likeness (QED) is 0.0276. The number of esters is 2. The monoisotopic (exact) mass is 740 g/mol. The maximum absolute atomic E-state index is 12.5. The molecule has 0 fully saturated rings. The minimum absolute atomic E-state index is 0.0482. The van der Waals surface area contributed by atoms with Crippen molar-refractivity contribution >= 4 is 19.8 Å². The van der Waals surface area contributed by atoms with Crippen molar-refractivity contribution in [2.45, 2.75) is 174 Å². The van der Waals surface area contributed by atoms with Crippen molar-refractivity contribution in [3.8, 4) is 0 Å². The summed E-state index contributed by atoms with van der Waals surface area (Å²) in [5.74, 6) is -0.856. The highest BCUT2D eigenvalue weighted by atomic mass is 31.2. The zero-order valence-corrected chi connectivity index (χ0v) is 33.2. The molecule has 0 aromatic heterocycles. The fourth-order valence-corrected chi connectivity index (χ4v) is 6.00. The van der Waals surface area contributed by atoms with E-state index in [4.69, 9.17) is 24.3 Å². The number of phosphoric ester groups is 1. The molecule has 0 radical (unpaired) electrons. The summed E-state index contributed by atoms with van der Waals surface area (Å²) >= 11 is 0. The number of carbonyl (C=O) groups is 2. The van der Waals surface area contributed by atoms with Gasteiger partial charge in [0.05, 0.1) is 13.2 Å². The van der Waals surface area contributed by atoms with Crippen molar-refractivity contribution in [2.24, 2.45) is 5.73 Å². The Morgan fingerprint density at radius 2 is 1.08 bits per heavy atom. The fraction of sp³-hybridized carbons (Fsp3) is 0.756. The normalized spacial score (nSPS) is 13.9. The second-order valence-corrected chi connectivity index (χ2v) is 14.6. The van der Waals surface area contributed by atoms with Gasteiger partial charge in [-0.3, -0.25) is 18.6 Å². The van der Waals surface area contributed by atoms with E-state index in [0.29, 0.717) is 6.42 Å². The first-order chi connectivity index (χ1) is 24.8. The lowest BCUT2D eigenvalue weighted by Gasteiger charge is -2.19. The van der Waals surface area contributed by atoms with Crippen molar-refractivity contribution < 1.29 is 37.6 Å². The van der Waals surface area contributed by atoms with Crippen molar-refractivity contribution in [1.82, 2.24) is 0 Å². The molecule has 51 heavy (non-hydrogen) atoms. The molecule has 0 saturated heterocycles. The van der Waals surface area contributed by atoms with E-state index in [2.05, 4.69) is 62.5 Å². The summed E-state index contributed by atoms with van der Waals surface area (Å²) in [5, 5.41) is 0. The summed E-state index contributed by atoms with van der Waals surface area (Å²) < 4.78 is 32.7. The van der Waals surface area contributed by atoms with Crippen LogP contribution in [0.4, 0.5) is 0 Å². The van der Waals surface area contributed by atoms with E-state index in [1.165, 1.54) is 51.4 Å². The zero-order chi connectivity index (χ0) is 37.5. The molecule has 0 amide bonds. The molecule has 0 spiro atoms. The summed E-state index contributed by atoms with van der Waals surface area (Å²) in [7, 11) is -4.38. The van der Waals surface area contributed by atoms with Gasteiger partial charge in [-0.05, 0) is 70.6 Å². The molecule has 2 atom stereocenters. The smallest absolute Gasteiger partial charge is 0.462 e. The largest absolute Gasteiger partial charge is 0.472 e. The highest BCUT2D eigenvalue weighted by Crippen LogP contribution is 2.43. The van der Waals surface area contributed by atoms with Crippen molar-refractivity contribution in [1.29, 1.82) is 0 Å². The van der Waals surface area contributed by atoms with Crippen LogP contribution in [0.1, 0.15) is 168 Å². The van der Waals surface area contributed by atoms with E-state index in [1.54, 1.807) is 0 Å². The first kappa shape index (κ1) is 49.0. The Morgan fingerprint density at radius 3 is 1.63 bits per heavy atom. The van der Waals surface area contributed by atoms with Crippen molar-refractivity contribution in [2.75, 3.05) is 26.4 Å². The van der Waals surface area contributed by atoms with Gasteiger partial charge in [0.15, 0.2) is 6.10 Å². The van der Waals surface area contributed by atoms with Crippen LogP contribution in [0.25, 0.3) is 0 Å². The topological polar surface area (TPSA) is 134 Å². The van der Waals surface area contributed by atoms with E-state index in [9.17, 15) is 19.0 Å². The molecule has 1 unspecified atom stereocenters. The average molecular weight is 740 g/mol. The number of ether oxygens (including phenoxy) is 2. The predicted molar refractivity (Wildman–Crippen MR) is 210 cm³/mol. The van der Waals surface area contributed by atoms with Gasteiger partial charge >= 0.3 is 19.8 Å². The molecular weight excluding hydrogens is 665 g/mol. The van der Waals surface area contributed by atoms with E-state index < -0.39 is 32.5 Å². The number of allylic oxidation sites excluding steroid dienone is 8. The van der Waals surface area contributed by atoms with Gasteiger partial charge in [0.2, 0.25) is 0 Å². The van der Waals surface area contributed by atoms with Gasteiger partial charge in [0.25, 0.3) is 0 Å². The molecular formula is C41H74NO8P. The van der Waals surface area contributed by atoms with E-state index in [-0.39, 0.29) is 32.6 Å². The van der Waals surface area contributed by atoms with E-state index in [1.807, 2.05) is 0 Å². The fourth-order valence-electron chi connectivity index (χ4n) is 5.23. The molecule has 9 nitrogen and oxygen atoms in total. The first-order valence-corrected chi connectivity index (χ1v) is 21.6. The average Bonchev–Trinajstić information content (AvgIpc) is 3.11. The highest BCUT2D eigenvalue weighted by molar-refractivity contribution is 7.47. The Labute approximate surface area is 311 Å². The number of unbranched alkanes of at least 4 members (excludes halogenated alkanes) is 16. The summed E-state index contributed by atoms with van der Waals surface area (Å²) in [5.41, 5.74) is 5.33. The van der Waals surface area contributed by atoms with Crippen LogP contribution in [0, 0.1) is 0 Å². The molecule has 3 N–H and O–H groups in total. The van der Waals surface area contributed by atoms with Crippen LogP contribution in [0.3, 0.4) is 0 Å². The number of phosphoric acid groups is 1. The molecule has 0 bridgehead atoms. The van der Waals surface area contributed by atoms with Gasteiger partial charge in [-0.25, -0.2) is 4.57 Å². The molecule has 0 aliphatic heterocycles. The number of rotatable bonds is 37. The number of hydrogen-bond acceptors (Lipinski definition) is 8. The third-order valence-electron chi connectivity index (χ3n) is 8.20. The molecule has 10 heteroatoms. The van der Waals surface area contributed by atoms with Crippen LogP contribution in [0.2, 0.25) is 0 Å². The second kappa shape index (κ2) is 37.7. The standard InChI is InChI=1S/C41H74NO8P/c1-3-5-7-9-11-13-15-17-19-21-23-25-27-29-31-33-40(43)47-37-39(38-49-51(45,46)48-36-35-42)50-41(44)34-32-30-28-26-24-22-20-18-16-14-12-10-8-6-4-2/h6,8,12-15,18,20,39H,3-5,7,9-11,16-17,19,21-38,42H2,1-2H3,(H,45,46)/b8-6-,14-12-,15-13-,20-18-/t39-/m1/s1. The van der Waals surface area contributed by atoms with Gasteiger partial charge in [0.1, 0.15) is 6.61 Å². The predicted octanol–water partition coefficient (Wildman–Crippen LogP) is 11.2. The highest BCUT2D eigenvalue weighted by Gasteiger charge is 2.25. The van der Waals surface area contributed by atoms with Gasteiger partial charge in [-0.2, -0.15) is 0 Å². The van der Waals surface area contributed by atoms with Crippen LogP contribution in [-0.2, 0) is 32.7 Å². The summed E-state index contributed by atoms with van der Waals surface area (Å²) in [6.07, 6.45) is 41.4. The summed E-state index contributed by atoms with van der Waals surface area (Å²) in [4.78, 5) is 34.8. The summed E-state index contributed by atoms with van der Waals surface area (Å²) in [6, 6.07) is 0. The minimum Gasteiger partial charge on any atom is -0.462 e. The van der Waals surface area contributed by atoms with Crippen LogP contribution in [0.15, 0.2) is 48.6 Å². The van der Waals surface area contributed by atoms with E-state index >= 15 is 0 Å². The molecule has 0 rings (SSSR count). The van der Waals surface area contributed by atoms with Crippen LogP contribution in [-0.4, -0.2) is 49.3 Å². The third-order valence-corrected chi connectivity index (χ3v) is 9.18. The molecule has 296 valence electrons. The van der Waals surface area contributed by atoms with Crippen molar-refractivity contribution in [3.05, 3.63) is 48.6 Å². The zero-order valence-electron chi connectivity index (χ0n) is 32.3. The molecule has 0 aromatic rings. The van der Waals surface area contributed by atoms with Gasteiger partial charge in [0, 0.05) is 19.4 Å². The Kier molecular flexibility index (Phi) is 36.2. The SMILES string of the molecule is CC/C=C\C/C=C\C/C=C\CCCCCCCC(=O)O[C@H](COC(=O)CCCCCCCCC/C=C\CCCCCC)COP(=O)(O)OCCN. The Balaban J connectivity index is 4.23. The number of carbonyl (C=O) groups excluding carboxylic acids is 2. The number of hydrogen-bond donors (Lipinski definition) is 2. The molecule has 0 aromatic carbocycles. The van der Waals surface area contributed by atoms with Gasteiger partial charge in [-0.1, -0.05) is 133 Å². The second-order valence-electron chi connectivity index (χ2n) is 13.1. The lowest BCUT2D eigenvalue weighted by atomic mass is 10.1. The summed E-state index contributed by atoms with van der Waals surface area (Å²) in [6.45, 7) is 3.57. The first-order valence-electron chi connectivity index (χ1n) is 20.1. The lowest BCUT2D eigenvalue weighted by Crippen LogP contribution is -2.29. The molecule has 0 heterocycles. The lowest BCUT2D eigenvalue weighted by molar-refractivity contribution is -0.161. The molecule has 0 saturated carbocycles. The Morgan fingerprint density at radius 1 is 0.608 bits per heavy atom. The van der Waals surface area contributed by atoms with E-state index in [0.717, 1.165) is 83.5 Å². The number of nitrogens with two attached hydrogens (primary N) is 1. The van der Waals surface area contributed by atoms with Crippen molar-refractivity contribution in [3.63, 3.8) is 0 Å².